The fourth-order valence-corrected chi connectivity index (χ4v) is 3.25. The molecule has 0 unspecified atom stereocenters. The van der Waals surface area contributed by atoms with Gasteiger partial charge < -0.3 is 5.32 Å². The predicted octanol–water partition coefficient (Wildman–Crippen LogP) is 2.39. The van der Waals surface area contributed by atoms with Crippen LogP contribution in [0.4, 0.5) is 4.79 Å². The minimum absolute atomic E-state index is 0.186. The summed E-state index contributed by atoms with van der Waals surface area (Å²) in [5.74, 6) is 0.808. The molecule has 1 saturated heterocycles. The van der Waals surface area contributed by atoms with Crippen LogP contribution in [0.25, 0.3) is 0 Å². The summed E-state index contributed by atoms with van der Waals surface area (Å²) >= 11 is 1.52. The van der Waals surface area contributed by atoms with Gasteiger partial charge in [-0.2, -0.15) is 0 Å². The second kappa shape index (κ2) is 3.69. The number of rotatable bonds is 1. The quantitative estimate of drug-likeness (QED) is 0.679. The molecule has 1 N–H and O–H groups in total. The van der Waals surface area contributed by atoms with E-state index in [0.717, 1.165) is 12.5 Å². The van der Waals surface area contributed by atoms with Crippen molar-refractivity contribution in [1.29, 1.82) is 0 Å². The molecule has 12 heavy (non-hydrogen) atoms. The Morgan fingerprint density at radius 1 is 1.25 bits per heavy atom. The van der Waals surface area contributed by atoms with Crippen LogP contribution in [0, 0.1) is 5.92 Å². The first-order valence-corrected chi connectivity index (χ1v) is 5.69. The molecule has 1 amide bonds. The van der Waals surface area contributed by atoms with Gasteiger partial charge in [0.05, 0.1) is 0 Å². The number of carbonyl (C=O) groups is 1. The largest absolute Gasteiger partial charge is 0.346 e. The molecule has 3 heteroatoms. The van der Waals surface area contributed by atoms with Crippen molar-refractivity contribution in [2.75, 3.05) is 6.54 Å². The lowest BCUT2D eigenvalue weighted by atomic mass is 9.87. The Labute approximate surface area is 77.5 Å². The summed E-state index contributed by atoms with van der Waals surface area (Å²) < 4.78 is 0. The molecule has 0 radical (unpaired) electrons. The first-order valence-electron chi connectivity index (χ1n) is 4.81. The van der Waals surface area contributed by atoms with Gasteiger partial charge in [0.2, 0.25) is 0 Å². The molecule has 1 atom stereocenters. The number of amides is 1. The summed E-state index contributed by atoms with van der Waals surface area (Å²) in [6.07, 6.45) is 6.82. The highest BCUT2D eigenvalue weighted by Crippen LogP contribution is 2.34. The zero-order chi connectivity index (χ0) is 8.39. The number of hydrogen-bond acceptors (Lipinski definition) is 2. The smallest absolute Gasteiger partial charge is 0.279 e. The number of carbonyl (C=O) groups excluding carboxylic acids is 1. The van der Waals surface area contributed by atoms with E-state index in [4.69, 9.17) is 0 Å². The fraction of sp³-hybridized carbons (Fsp3) is 0.889. The Morgan fingerprint density at radius 3 is 2.58 bits per heavy atom. The maximum absolute atomic E-state index is 10.9. The molecule has 68 valence electrons. The van der Waals surface area contributed by atoms with Crippen LogP contribution < -0.4 is 5.32 Å². The molecular weight excluding hydrogens is 170 g/mol. The molecule has 0 spiro atoms. The predicted molar refractivity (Wildman–Crippen MR) is 51.4 cm³/mol. The van der Waals surface area contributed by atoms with E-state index in [1.165, 1.54) is 43.9 Å². The van der Waals surface area contributed by atoms with E-state index in [2.05, 4.69) is 5.32 Å². The highest BCUT2D eigenvalue weighted by atomic mass is 32.2. The maximum atomic E-state index is 10.9. The van der Waals surface area contributed by atoms with E-state index < -0.39 is 0 Å². The van der Waals surface area contributed by atoms with Gasteiger partial charge in [0.25, 0.3) is 5.24 Å². The third-order valence-electron chi connectivity index (χ3n) is 2.88. The van der Waals surface area contributed by atoms with Gasteiger partial charge in [-0.3, -0.25) is 4.79 Å². The van der Waals surface area contributed by atoms with Crippen LogP contribution in [0.3, 0.4) is 0 Å². The Kier molecular flexibility index (Phi) is 2.59. The zero-order valence-electron chi connectivity index (χ0n) is 7.21. The summed E-state index contributed by atoms with van der Waals surface area (Å²) in [6.45, 7) is 0.911. The molecule has 2 fully saturated rings. The molecule has 1 aliphatic heterocycles. The number of nitrogens with one attached hydrogen (secondary N) is 1. The maximum Gasteiger partial charge on any atom is 0.279 e. The van der Waals surface area contributed by atoms with Crippen molar-refractivity contribution < 1.29 is 4.79 Å². The molecule has 1 saturated carbocycles. The molecule has 2 aliphatic rings. The van der Waals surface area contributed by atoms with E-state index in [-0.39, 0.29) is 5.24 Å². The Morgan fingerprint density at radius 2 is 2.00 bits per heavy atom. The van der Waals surface area contributed by atoms with Crippen molar-refractivity contribution in [3.05, 3.63) is 0 Å². The highest BCUT2D eigenvalue weighted by molar-refractivity contribution is 8.14. The van der Waals surface area contributed by atoms with Crippen LogP contribution in [0.2, 0.25) is 0 Å². The number of hydrogen-bond donors (Lipinski definition) is 1. The van der Waals surface area contributed by atoms with Gasteiger partial charge in [0, 0.05) is 11.8 Å². The zero-order valence-corrected chi connectivity index (χ0v) is 8.03. The molecule has 0 aromatic carbocycles. The summed E-state index contributed by atoms with van der Waals surface area (Å²) in [4.78, 5) is 10.9. The minimum Gasteiger partial charge on any atom is -0.346 e. The van der Waals surface area contributed by atoms with Crippen LogP contribution in [-0.2, 0) is 0 Å². The lowest BCUT2D eigenvalue weighted by Crippen LogP contribution is -2.24. The standard InChI is InChI=1S/C9H15NOS/c11-9-10-6-8(12-9)7-4-2-1-3-5-7/h7-8H,1-6H2,(H,10,11)/t8-/m1/s1. The Bertz CT molecular complexity index is 177. The van der Waals surface area contributed by atoms with Gasteiger partial charge in [-0.15, -0.1) is 0 Å². The minimum atomic E-state index is 0.186. The van der Waals surface area contributed by atoms with Gasteiger partial charge in [0.1, 0.15) is 0 Å². The molecule has 1 aliphatic carbocycles. The monoisotopic (exact) mass is 185 g/mol. The van der Waals surface area contributed by atoms with Crippen molar-refractivity contribution >= 4 is 17.0 Å². The topological polar surface area (TPSA) is 29.1 Å². The van der Waals surface area contributed by atoms with E-state index >= 15 is 0 Å². The van der Waals surface area contributed by atoms with Gasteiger partial charge >= 0.3 is 0 Å². The van der Waals surface area contributed by atoms with Crippen molar-refractivity contribution in [3.63, 3.8) is 0 Å². The van der Waals surface area contributed by atoms with Gasteiger partial charge in [-0.25, -0.2) is 0 Å². The summed E-state index contributed by atoms with van der Waals surface area (Å²) in [5, 5.41) is 3.66. The first kappa shape index (κ1) is 8.42. The van der Waals surface area contributed by atoms with Gasteiger partial charge in [-0.1, -0.05) is 31.0 Å². The average molecular weight is 185 g/mol. The molecule has 2 nitrogen and oxygen atoms in total. The molecule has 0 bridgehead atoms. The third-order valence-corrected chi connectivity index (χ3v) is 4.09. The first-order chi connectivity index (χ1) is 5.86. The molecule has 0 aromatic heterocycles. The second-order valence-electron chi connectivity index (χ2n) is 3.72. The van der Waals surface area contributed by atoms with Crippen LogP contribution in [-0.4, -0.2) is 17.0 Å². The van der Waals surface area contributed by atoms with Crippen LogP contribution in [0.5, 0.6) is 0 Å². The van der Waals surface area contributed by atoms with E-state index in [1.54, 1.807) is 0 Å². The molecular formula is C9H15NOS. The fourth-order valence-electron chi connectivity index (χ4n) is 2.17. The van der Waals surface area contributed by atoms with Crippen molar-refractivity contribution in [3.8, 4) is 0 Å². The van der Waals surface area contributed by atoms with Crippen LogP contribution in [0.15, 0.2) is 0 Å². The summed E-state index contributed by atoms with van der Waals surface area (Å²) in [6, 6.07) is 0. The van der Waals surface area contributed by atoms with E-state index in [1.807, 2.05) is 0 Å². The molecule has 0 aromatic rings. The summed E-state index contributed by atoms with van der Waals surface area (Å²) in [7, 11) is 0. The lowest BCUT2D eigenvalue weighted by Gasteiger charge is -2.25. The normalized spacial score (nSPS) is 32.0. The second-order valence-corrected chi connectivity index (χ2v) is 4.93. The molecule has 2 rings (SSSR count). The average Bonchev–Trinajstić information content (AvgIpc) is 2.54. The lowest BCUT2D eigenvalue weighted by molar-refractivity contribution is 0.262. The SMILES string of the molecule is O=C1NC[C@H](C2CCCCC2)S1. The molecule has 1 heterocycles. The van der Waals surface area contributed by atoms with E-state index in [0.29, 0.717) is 5.25 Å². The van der Waals surface area contributed by atoms with Crippen molar-refractivity contribution in [1.82, 2.24) is 5.32 Å². The van der Waals surface area contributed by atoms with Gasteiger partial charge in [0.15, 0.2) is 0 Å². The Hall–Kier alpha value is -0.180. The van der Waals surface area contributed by atoms with Crippen molar-refractivity contribution in [2.45, 2.75) is 37.4 Å². The van der Waals surface area contributed by atoms with Crippen molar-refractivity contribution in [2.24, 2.45) is 5.92 Å². The third kappa shape index (κ3) is 1.76. The summed E-state index contributed by atoms with van der Waals surface area (Å²) in [5.41, 5.74) is 0. The van der Waals surface area contributed by atoms with Crippen LogP contribution >= 0.6 is 11.8 Å². The van der Waals surface area contributed by atoms with Crippen LogP contribution in [0.1, 0.15) is 32.1 Å². The number of thioether (sulfide) groups is 1. The highest BCUT2D eigenvalue weighted by Gasteiger charge is 2.30. The Balaban J connectivity index is 1.86. The van der Waals surface area contributed by atoms with E-state index in [9.17, 15) is 4.79 Å². The van der Waals surface area contributed by atoms with Gasteiger partial charge in [-0.05, 0) is 18.8 Å².